The summed E-state index contributed by atoms with van der Waals surface area (Å²) in [6.45, 7) is 8.71. The van der Waals surface area contributed by atoms with Crippen LogP contribution in [0.5, 0.6) is 5.75 Å². The molecule has 1 N–H and O–H groups in total. The standard InChI is InChI=1S/C14H20N2O/c1-5-17-12-8-6-7-11(9-12)13(10-15)16-14(2,3)4/h6-9,13,16H,5H2,1-4H3. The lowest BCUT2D eigenvalue weighted by Crippen LogP contribution is -2.38. The van der Waals surface area contributed by atoms with Crippen LogP contribution in [-0.2, 0) is 0 Å². The molecule has 17 heavy (non-hydrogen) atoms. The number of hydrogen-bond acceptors (Lipinski definition) is 3. The van der Waals surface area contributed by atoms with Crippen molar-refractivity contribution >= 4 is 0 Å². The fourth-order valence-corrected chi connectivity index (χ4v) is 1.57. The van der Waals surface area contributed by atoms with Crippen LogP contribution in [0, 0.1) is 11.3 Å². The second kappa shape index (κ2) is 5.70. The van der Waals surface area contributed by atoms with E-state index in [0.29, 0.717) is 6.61 Å². The molecule has 0 aromatic heterocycles. The molecule has 1 aromatic rings. The Morgan fingerprint density at radius 3 is 2.65 bits per heavy atom. The van der Waals surface area contributed by atoms with Gasteiger partial charge < -0.3 is 4.74 Å². The number of ether oxygens (including phenoxy) is 1. The molecule has 0 bridgehead atoms. The van der Waals surface area contributed by atoms with Gasteiger partial charge in [-0.25, -0.2) is 0 Å². The summed E-state index contributed by atoms with van der Waals surface area (Å²) in [6, 6.07) is 9.63. The smallest absolute Gasteiger partial charge is 0.121 e. The van der Waals surface area contributed by atoms with Crippen molar-refractivity contribution in [3.05, 3.63) is 29.8 Å². The van der Waals surface area contributed by atoms with Crippen LogP contribution in [0.15, 0.2) is 24.3 Å². The van der Waals surface area contributed by atoms with Crippen LogP contribution in [0.3, 0.4) is 0 Å². The van der Waals surface area contributed by atoms with Crippen LogP contribution < -0.4 is 10.1 Å². The van der Waals surface area contributed by atoms with Crippen LogP contribution in [0.1, 0.15) is 39.3 Å². The number of rotatable bonds is 4. The summed E-state index contributed by atoms with van der Waals surface area (Å²) < 4.78 is 5.43. The van der Waals surface area contributed by atoms with Crippen molar-refractivity contribution in [3.63, 3.8) is 0 Å². The van der Waals surface area contributed by atoms with Crippen molar-refractivity contribution in [1.29, 1.82) is 5.26 Å². The molecule has 1 atom stereocenters. The summed E-state index contributed by atoms with van der Waals surface area (Å²) in [7, 11) is 0. The lowest BCUT2D eigenvalue weighted by atomic mass is 10.0. The van der Waals surface area contributed by atoms with Crippen LogP contribution in [0.25, 0.3) is 0 Å². The minimum Gasteiger partial charge on any atom is -0.494 e. The zero-order valence-corrected chi connectivity index (χ0v) is 10.9. The van der Waals surface area contributed by atoms with Gasteiger partial charge in [0, 0.05) is 5.54 Å². The molecular formula is C14H20N2O. The molecule has 1 aromatic carbocycles. The summed E-state index contributed by atoms with van der Waals surface area (Å²) in [5, 5.41) is 12.5. The Morgan fingerprint density at radius 1 is 1.41 bits per heavy atom. The lowest BCUT2D eigenvalue weighted by molar-refractivity contribution is 0.339. The highest BCUT2D eigenvalue weighted by atomic mass is 16.5. The molecule has 0 saturated heterocycles. The van der Waals surface area contributed by atoms with E-state index in [9.17, 15) is 5.26 Å². The average molecular weight is 232 g/mol. The van der Waals surface area contributed by atoms with E-state index in [1.165, 1.54) is 0 Å². The molecule has 0 spiro atoms. The van der Waals surface area contributed by atoms with Crippen LogP contribution >= 0.6 is 0 Å². The van der Waals surface area contributed by atoms with E-state index in [2.05, 4.69) is 11.4 Å². The maximum Gasteiger partial charge on any atom is 0.121 e. The molecule has 3 heteroatoms. The quantitative estimate of drug-likeness (QED) is 0.867. The Balaban J connectivity index is 2.89. The van der Waals surface area contributed by atoms with Crippen molar-refractivity contribution in [2.45, 2.75) is 39.3 Å². The molecule has 1 rings (SSSR count). The van der Waals surface area contributed by atoms with E-state index in [0.717, 1.165) is 11.3 Å². The first-order chi connectivity index (χ1) is 7.96. The third-order valence-corrected chi connectivity index (χ3v) is 2.21. The third-order valence-electron chi connectivity index (χ3n) is 2.21. The molecule has 0 aliphatic carbocycles. The number of nitrogens with zero attached hydrogens (tertiary/aromatic N) is 1. The van der Waals surface area contributed by atoms with Crippen molar-refractivity contribution in [1.82, 2.24) is 5.32 Å². The minimum absolute atomic E-state index is 0.0952. The SMILES string of the molecule is CCOc1cccc(C(C#N)NC(C)(C)C)c1. The highest BCUT2D eigenvalue weighted by Gasteiger charge is 2.18. The monoisotopic (exact) mass is 232 g/mol. The number of hydrogen-bond donors (Lipinski definition) is 1. The largest absolute Gasteiger partial charge is 0.494 e. The van der Waals surface area contributed by atoms with E-state index in [-0.39, 0.29) is 11.6 Å². The third kappa shape index (κ3) is 4.46. The number of benzene rings is 1. The Kier molecular flexibility index (Phi) is 4.53. The lowest BCUT2D eigenvalue weighted by Gasteiger charge is -2.24. The highest BCUT2D eigenvalue weighted by molar-refractivity contribution is 5.33. The van der Waals surface area contributed by atoms with Crippen molar-refractivity contribution < 1.29 is 4.74 Å². The fourth-order valence-electron chi connectivity index (χ4n) is 1.57. The second-order valence-corrected chi connectivity index (χ2v) is 4.96. The molecule has 0 amide bonds. The molecule has 0 aliphatic rings. The molecule has 92 valence electrons. The maximum absolute atomic E-state index is 9.21. The van der Waals surface area contributed by atoms with Gasteiger partial charge in [-0.2, -0.15) is 5.26 Å². The topological polar surface area (TPSA) is 45.0 Å². The Bertz CT molecular complexity index is 401. The Labute approximate surface area is 103 Å². The highest BCUT2D eigenvalue weighted by Crippen LogP contribution is 2.21. The first-order valence-electron chi connectivity index (χ1n) is 5.86. The molecule has 0 heterocycles. The molecule has 0 fully saturated rings. The average Bonchev–Trinajstić information content (AvgIpc) is 2.25. The Hall–Kier alpha value is -1.53. The van der Waals surface area contributed by atoms with Crippen LogP contribution in [0.2, 0.25) is 0 Å². The van der Waals surface area contributed by atoms with Crippen LogP contribution in [0.4, 0.5) is 0 Å². The van der Waals surface area contributed by atoms with Crippen LogP contribution in [-0.4, -0.2) is 12.1 Å². The first kappa shape index (κ1) is 13.5. The van der Waals surface area contributed by atoms with Crippen molar-refractivity contribution in [2.24, 2.45) is 0 Å². The molecule has 0 radical (unpaired) electrons. The second-order valence-electron chi connectivity index (χ2n) is 4.96. The predicted octanol–water partition coefficient (Wildman–Crippen LogP) is 3.04. The minimum atomic E-state index is -0.310. The van der Waals surface area contributed by atoms with Gasteiger partial charge in [-0.15, -0.1) is 0 Å². The van der Waals surface area contributed by atoms with E-state index in [4.69, 9.17) is 4.74 Å². The molecular weight excluding hydrogens is 212 g/mol. The maximum atomic E-state index is 9.21. The van der Waals surface area contributed by atoms with Gasteiger partial charge in [0.2, 0.25) is 0 Å². The van der Waals surface area contributed by atoms with Gasteiger partial charge in [-0.05, 0) is 45.4 Å². The zero-order valence-electron chi connectivity index (χ0n) is 10.9. The van der Waals surface area contributed by atoms with E-state index < -0.39 is 0 Å². The normalized spacial score (nSPS) is 12.9. The van der Waals surface area contributed by atoms with Gasteiger partial charge in [0.15, 0.2) is 0 Å². The molecule has 1 unspecified atom stereocenters. The van der Waals surface area contributed by atoms with Crippen molar-refractivity contribution in [2.75, 3.05) is 6.61 Å². The van der Waals surface area contributed by atoms with E-state index >= 15 is 0 Å². The molecule has 3 nitrogen and oxygen atoms in total. The predicted molar refractivity (Wildman–Crippen MR) is 68.9 cm³/mol. The summed E-state index contributed by atoms with van der Waals surface area (Å²) in [4.78, 5) is 0. The van der Waals surface area contributed by atoms with Gasteiger partial charge >= 0.3 is 0 Å². The molecule has 0 aliphatic heterocycles. The summed E-state index contributed by atoms with van der Waals surface area (Å²) in [5.41, 5.74) is 0.843. The van der Waals surface area contributed by atoms with E-state index in [1.54, 1.807) is 0 Å². The zero-order chi connectivity index (χ0) is 12.9. The van der Waals surface area contributed by atoms with Gasteiger partial charge in [-0.1, -0.05) is 12.1 Å². The molecule has 0 saturated carbocycles. The first-order valence-corrected chi connectivity index (χ1v) is 5.86. The van der Waals surface area contributed by atoms with Gasteiger partial charge in [0.05, 0.1) is 12.7 Å². The Morgan fingerprint density at radius 2 is 2.12 bits per heavy atom. The number of nitrogens with one attached hydrogen (secondary N) is 1. The summed E-state index contributed by atoms with van der Waals surface area (Å²) >= 11 is 0. The van der Waals surface area contributed by atoms with Gasteiger partial charge in [0.25, 0.3) is 0 Å². The van der Waals surface area contributed by atoms with Gasteiger partial charge in [0.1, 0.15) is 11.8 Å². The summed E-state index contributed by atoms with van der Waals surface area (Å²) in [5.74, 6) is 0.806. The van der Waals surface area contributed by atoms with E-state index in [1.807, 2.05) is 52.0 Å². The fraction of sp³-hybridized carbons (Fsp3) is 0.500. The number of nitriles is 1. The van der Waals surface area contributed by atoms with Gasteiger partial charge in [-0.3, -0.25) is 5.32 Å². The summed E-state index contributed by atoms with van der Waals surface area (Å²) in [6.07, 6.45) is 0. The van der Waals surface area contributed by atoms with Crippen molar-refractivity contribution in [3.8, 4) is 11.8 Å².